The molecule has 1 aromatic rings. The maximum Gasteiger partial charge on any atom is 0.391 e. The molecule has 8 heteroatoms. The summed E-state index contributed by atoms with van der Waals surface area (Å²) in [5, 5.41) is 10.6. The van der Waals surface area contributed by atoms with Gasteiger partial charge in [0.1, 0.15) is 11.8 Å². The standard InChI is InChI=1S/C14H16F3NO4/c1-8-3-4-9(5-11(8)22-2)6-12(19)18-10(13(20)21)7-14(15,16)17/h3-5,10H,6-7H2,1-2H3,(H,18,19)(H,20,21). The Labute approximate surface area is 125 Å². The maximum atomic E-state index is 12.3. The molecule has 0 aromatic heterocycles. The van der Waals surface area contributed by atoms with Crippen molar-refractivity contribution < 1.29 is 32.6 Å². The quantitative estimate of drug-likeness (QED) is 0.841. The van der Waals surface area contributed by atoms with E-state index in [1.807, 2.05) is 5.32 Å². The molecule has 2 N–H and O–H groups in total. The van der Waals surface area contributed by atoms with Gasteiger partial charge in [-0.3, -0.25) is 4.79 Å². The molecule has 0 saturated heterocycles. The van der Waals surface area contributed by atoms with Gasteiger partial charge in [0, 0.05) is 0 Å². The number of halogens is 3. The summed E-state index contributed by atoms with van der Waals surface area (Å²) in [5.74, 6) is -2.00. The molecule has 0 fully saturated rings. The van der Waals surface area contributed by atoms with Gasteiger partial charge in [-0.1, -0.05) is 12.1 Å². The van der Waals surface area contributed by atoms with Crippen LogP contribution in [-0.2, 0) is 16.0 Å². The van der Waals surface area contributed by atoms with Crippen molar-refractivity contribution in [3.8, 4) is 5.75 Å². The number of benzene rings is 1. The molecule has 0 saturated carbocycles. The van der Waals surface area contributed by atoms with Crippen LogP contribution < -0.4 is 10.1 Å². The lowest BCUT2D eigenvalue weighted by molar-refractivity contribution is -0.159. The fourth-order valence-electron chi connectivity index (χ4n) is 1.84. The van der Waals surface area contributed by atoms with Crippen molar-refractivity contribution in [3.63, 3.8) is 0 Å². The average molecular weight is 319 g/mol. The molecule has 122 valence electrons. The zero-order valence-corrected chi connectivity index (χ0v) is 12.0. The molecule has 5 nitrogen and oxygen atoms in total. The normalized spacial score (nSPS) is 12.6. The predicted octanol–water partition coefficient (Wildman–Crippen LogP) is 2.07. The van der Waals surface area contributed by atoms with Crippen molar-refractivity contribution in [2.24, 2.45) is 0 Å². The Kier molecular flexibility index (Phi) is 5.78. The second kappa shape index (κ2) is 7.15. The van der Waals surface area contributed by atoms with Gasteiger partial charge in [-0.15, -0.1) is 0 Å². The lowest BCUT2D eigenvalue weighted by atomic mass is 10.1. The summed E-state index contributed by atoms with van der Waals surface area (Å²) >= 11 is 0. The number of carbonyl (C=O) groups excluding carboxylic acids is 1. The molecular weight excluding hydrogens is 303 g/mol. The van der Waals surface area contributed by atoms with E-state index in [-0.39, 0.29) is 6.42 Å². The summed E-state index contributed by atoms with van der Waals surface area (Å²) in [4.78, 5) is 22.5. The Bertz CT molecular complexity index is 558. The zero-order chi connectivity index (χ0) is 16.9. The number of alkyl halides is 3. The van der Waals surface area contributed by atoms with Gasteiger partial charge in [0.15, 0.2) is 0 Å². The summed E-state index contributed by atoms with van der Waals surface area (Å²) in [6.07, 6.45) is -6.53. The highest BCUT2D eigenvalue weighted by Crippen LogP contribution is 2.22. The largest absolute Gasteiger partial charge is 0.496 e. The number of amides is 1. The molecule has 0 spiro atoms. The van der Waals surface area contributed by atoms with E-state index in [1.54, 1.807) is 25.1 Å². The topological polar surface area (TPSA) is 75.6 Å². The van der Waals surface area contributed by atoms with E-state index < -0.39 is 30.5 Å². The molecule has 0 aliphatic heterocycles. The summed E-state index contributed by atoms with van der Waals surface area (Å²) in [5.41, 5.74) is 1.35. The molecule has 1 atom stereocenters. The Morgan fingerprint density at radius 2 is 2.00 bits per heavy atom. The van der Waals surface area contributed by atoms with E-state index >= 15 is 0 Å². The van der Waals surface area contributed by atoms with Crippen molar-refractivity contribution in [1.29, 1.82) is 0 Å². The molecule has 0 aliphatic rings. The van der Waals surface area contributed by atoms with Gasteiger partial charge in [0.25, 0.3) is 0 Å². The van der Waals surface area contributed by atoms with Gasteiger partial charge < -0.3 is 15.2 Å². The van der Waals surface area contributed by atoms with E-state index in [0.29, 0.717) is 11.3 Å². The van der Waals surface area contributed by atoms with Crippen molar-refractivity contribution >= 4 is 11.9 Å². The van der Waals surface area contributed by atoms with Crippen LogP contribution in [0.25, 0.3) is 0 Å². The molecule has 1 amide bonds. The van der Waals surface area contributed by atoms with Crippen molar-refractivity contribution in [2.75, 3.05) is 7.11 Å². The minimum absolute atomic E-state index is 0.238. The molecule has 1 unspecified atom stereocenters. The first-order valence-electron chi connectivity index (χ1n) is 6.35. The number of carbonyl (C=O) groups is 2. The smallest absolute Gasteiger partial charge is 0.391 e. The summed E-state index contributed by atoms with van der Waals surface area (Å²) in [6.45, 7) is 1.80. The molecule has 0 radical (unpaired) electrons. The summed E-state index contributed by atoms with van der Waals surface area (Å²) in [6, 6.07) is 2.90. The van der Waals surface area contributed by atoms with Crippen LogP contribution in [0.3, 0.4) is 0 Å². The van der Waals surface area contributed by atoms with Crippen LogP contribution in [-0.4, -0.2) is 36.3 Å². The monoisotopic (exact) mass is 319 g/mol. The van der Waals surface area contributed by atoms with Gasteiger partial charge in [0.05, 0.1) is 20.0 Å². The fraction of sp³-hybridized carbons (Fsp3) is 0.429. The summed E-state index contributed by atoms with van der Waals surface area (Å²) < 4.78 is 41.8. The molecule has 1 aromatic carbocycles. The Morgan fingerprint density at radius 3 is 2.50 bits per heavy atom. The van der Waals surface area contributed by atoms with E-state index in [2.05, 4.69) is 0 Å². The Balaban J connectivity index is 2.73. The number of aliphatic carboxylic acids is 1. The number of ether oxygens (including phenoxy) is 1. The van der Waals surface area contributed by atoms with Gasteiger partial charge in [-0.05, 0) is 24.1 Å². The third-order valence-corrected chi connectivity index (χ3v) is 2.91. The second-order valence-corrected chi connectivity index (χ2v) is 4.76. The SMILES string of the molecule is COc1cc(CC(=O)NC(CC(F)(F)F)C(=O)O)ccc1C. The van der Waals surface area contributed by atoms with Crippen LogP contribution in [0.1, 0.15) is 17.5 Å². The molecule has 0 bridgehead atoms. The van der Waals surface area contributed by atoms with Gasteiger partial charge in [-0.25, -0.2) is 4.79 Å². The molecule has 22 heavy (non-hydrogen) atoms. The first kappa shape index (κ1) is 17.8. The molecule has 0 aliphatic carbocycles. The molecule has 0 heterocycles. The lowest BCUT2D eigenvalue weighted by Gasteiger charge is -2.16. The Hall–Kier alpha value is -2.25. The number of carboxylic acid groups (broad SMARTS) is 1. The van der Waals surface area contributed by atoms with Crippen LogP contribution in [0.15, 0.2) is 18.2 Å². The third-order valence-electron chi connectivity index (χ3n) is 2.91. The number of methoxy groups -OCH3 is 1. The number of aryl methyl sites for hydroxylation is 1. The molecular formula is C14H16F3NO4. The Morgan fingerprint density at radius 1 is 1.36 bits per heavy atom. The minimum atomic E-state index is -4.68. The van der Waals surface area contributed by atoms with Crippen LogP contribution in [0, 0.1) is 6.92 Å². The molecule has 1 rings (SSSR count). The first-order valence-corrected chi connectivity index (χ1v) is 6.35. The second-order valence-electron chi connectivity index (χ2n) is 4.76. The van der Waals surface area contributed by atoms with Gasteiger partial charge in [-0.2, -0.15) is 13.2 Å². The maximum absolute atomic E-state index is 12.3. The highest BCUT2D eigenvalue weighted by molar-refractivity contribution is 5.84. The number of nitrogens with one attached hydrogen (secondary N) is 1. The van der Waals surface area contributed by atoms with Crippen LogP contribution in [0.4, 0.5) is 13.2 Å². The third kappa shape index (κ3) is 5.63. The van der Waals surface area contributed by atoms with E-state index in [0.717, 1.165) is 5.56 Å². The number of hydrogen-bond acceptors (Lipinski definition) is 3. The number of hydrogen-bond donors (Lipinski definition) is 2. The first-order chi connectivity index (χ1) is 10.1. The van der Waals surface area contributed by atoms with Crippen LogP contribution >= 0.6 is 0 Å². The lowest BCUT2D eigenvalue weighted by Crippen LogP contribution is -2.44. The predicted molar refractivity (Wildman–Crippen MR) is 71.7 cm³/mol. The summed E-state index contributed by atoms with van der Waals surface area (Å²) in [7, 11) is 1.45. The highest BCUT2D eigenvalue weighted by Gasteiger charge is 2.36. The van der Waals surface area contributed by atoms with Gasteiger partial charge in [0.2, 0.25) is 5.91 Å². The van der Waals surface area contributed by atoms with Crippen molar-refractivity contribution in [1.82, 2.24) is 5.32 Å². The van der Waals surface area contributed by atoms with E-state index in [4.69, 9.17) is 9.84 Å². The van der Waals surface area contributed by atoms with Crippen molar-refractivity contribution in [2.45, 2.75) is 32.0 Å². The highest BCUT2D eigenvalue weighted by atomic mass is 19.4. The minimum Gasteiger partial charge on any atom is -0.496 e. The number of rotatable bonds is 6. The van der Waals surface area contributed by atoms with Gasteiger partial charge >= 0.3 is 12.1 Å². The average Bonchev–Trinajstić information content (AvgIpc) is 2.38. The van der Waals surface area contributed by atoms with Crippen LogP contribution in [0.2, 0.25) is 0 Å². The van der Waals surface area contributed by atoms with Crippen LogP contribution in [0.5, 0.6) is 5.75 Å². The fourth-order valence-corrected chi connectivity index (χ4v) is 1.84. The number of carboxylic acids is 1. The zero-order valence-electron chi connectivity index (χ0n) is 12.0. The van der Waals surface area contributed by atoms with E-state index in [1.165, 1.54) is 7.11 Å². The van der Waals surface area contributed by atoms with Crippen molar-refractivity contribution in [3.05, 3.63) is 29.3 Å². The van der Waals surface area contributed by atoms with E-state index in [9.17, 15) is 22.8 Å².